The molecule has 0 saturated heterocycles. The highest BCUT2D eigenvalue weighted by Crippen LogP contribution is 2.31. The van der Waals surface area contributed by atoms with Crippen LogP contribution < -0.4 is 5.73 Å². The largest absolute Gasteiger partial charge is 0.329 e. The third-order valence-electron chi connectivity index (χ3n) is 3.53. The van der Waals surface area contributed by atoms with Gasteiger partial charge in [-0.15, -0.1) is 11.3 Å². The molecule has 2 aromatic rings. The average molecular weight is 295 g/mol. The third-order valence-corrected chi connectivity index (χ3v) is 4.74. The Kier molecular flexibility index (Phi) is 4.99. The van der Waals surface area contributed by atoms with E-state index in [1.54, 1.807) is 11.3 Å². The number of rotatable bonds is 5. The minimum atomic E-state index is 0.244. The van der Waals surface area contributed by atoms with E-state index in [0.717, 1.165) is 5.02 Å². The molecular formula is C15H19ClN2S. The van der Waals surface area contributed by atoms with Gasteiger partial charge in [0.15, 0.2) is 0 Å². The summed E-state index contributed by atoms with van der Waals surface area (Å²) in [6.45, 7) is 2.80. The molecule has 19 heavy (non-hydrogen) atoms. The second-order valence-electron chi connectivity index (χ2n) is 4.66. The summed E-state index contributed by atoms with van der Waals surface area (Å²) in [7, 11) is 2.11. The Bertz CT molecular complexity index is 513. The summed E-state index contributed by atoms with van der Waals surface area (Å²) in [6, 6.07) is 12.7. The molecule has 0 radical (unpaired) electrons. The molecule has 2 rings (SSSR count). The number of nitrogens with zero attached hydrogens (tertiary/aromatic N) is 1. The highest BCUT2D eigenvalue weighted by Gasteiger charge is 2.22. The minimum Gasteiger partial charge on any atom is -0.329 e. The van der Waals surface area contributed by atoms with Gasteiger partial charge in [-0.05, 0) is 43.1 Å². The predicted octanol–water partition coefficient (Wildman–Crippen LogP) is 4.09. The van der Waals surface area contributed by atoms with Crippen molar-refractivity contribution in [3.05, 3.63) is 57.2 Å². The van der Waals surface area contributed by atoms with E-state index in [2.05, 4.69) is 42.5 Å². The van der Waals surface area contributed by atoms with E-state index in [-0.39, 0.29) is 12.1 Å². The molecule has 0 spiro atoms. The number of nitrogens with two attached hydrogens (primary N) is 1. The van der Waals surface area contributed by atoms with Gasteiger partial charge >= 0.3 is 0 Å². The number of hydrogen-bond donors (Lipinski definition) is 1. The first-order valence-corrected chi connectivity index (χ1v) is 7.60. The second-order valence-corrected chi connectivity index (χ2v) is 6.08. The van der Waals surface area contributed by atoms with Gasteiger partial charge in [0.05, 0.1) is 6.04 Å². The van der Waals surface area contributed by atoms with E-state index in [0.29, 0.717) is 6.54 Å². The zero-order valence-electron chi connectivity index (χ0n) is 11.2. The van der Waals surface area contributed by atoms with Gasteiger partial charge in [-0.3, -0.25) is 4.90 Å². The summed E-state index contributed by atoms with van der Waals surface area (Å²) in [5, 5.41) is 2.87. The summed E-state index contributed by atoms with van der Waals surface area (Å²) < 4.78 is 0. The van der Waals surface area contributed by atoms with E-state index in [4.69, 9.17) is 17.3 Å². The van der Waals surface area contributed by atoms with Crippen molar-refractivity contribution in [1.82, 2.24) is 4.90 Å². The lowest BCUT2D eigenvalue weighted by molar-refractivity contribution is 0.193. The van der Waals surface area contributed by atoms with E-state index in [1.165, 1.54) is 10.4 Å². The van der Waals surface area contributed by atoms with Crippen molar-refractivity contribution in [3.63, 3.8) is 0 Å². The van der Waals surface area contributed by atoms with E-state index >= 15 is 0 Å². The molecule has 1 aromatic carbocycles. The molecule has 0 fully saturated rings. The van der Waals surface area contributed by atoms with E-state index < -0.39 is 0 Å². The summed E-state index contributed by atoms with van der Waals surface area (Å²) in [5.74, 6) is 0. The average Bonchev–Trinajstić information content (AvgIpc) is 2.92. The Morgan fingerprint density at radius 2 is 2.11 bits per heavy atom. The van der Waals surface area contributed by atoms with Crippen molar-refractivity contribution in [2.24, 2.45) is 5.73 Å². The minimum absolute atomic E-state index is 0.244. The van der Waals surface area contributed by atoms with Crippen molar-refractivity contribution < 1.29 is 0 Å². The van der Waals surface area contributed by atoms with Crippen LogP contribution in [-0.4, -0.2) is 18.5 Å². The van der Waals surface area contributed by atoms with Crippen LogP contribution in [0.3, 0.4) is 0 Å². The molecule has 102 valence electrons. The Balaban J connectivity index is 2.20. The van der Waals surface area contributed by atoms with Crippen molar-refractivity contribution >= 4 is 22.9 Å². The normalized spacial score (nSPS) is 14.6. The zero-order chi connectivity index (χ0) is 13.8. The van der Waals surface area contributed by atoms with Crippen LogP contribution in [-0.2, 0) is 0 Å². The summed E-state index contributed by atoms with van der Waals surface area (Å²) in [5.41, 5.74) is 7.16. The molecule has 4 heteroatoms. The molecule has 0 amide bonds. The molecule has 1 heterocycles. The van der Waals surface area contributed by atoms with Crippen LogP contribution in [0.15, 0.2) is 41.8 Å². The second kappa shape index (κ2) is 6.53. The number of benzene rings is 1. The van der Waals surface area contributed by atoms with Crippen molar-refractivity contribution in [3.8, 4) is 0 Å². The van der Waals surface area contributed by atoms with Gasteiger partial charge in [0.1, 0.15) is 0 Å². The predicted molar refractivity (Wildman–Crippen MR) is 83.7 cm³/mol. The molecular weight excluding hydrogens is 276 g/mol. The molecule has 2 atom stereocenters. The summed E-state index contributed by atoms with van der Waals surface area (Å²) in [6.07, 6.45) is 0. The van der Waals surface area contributed by atoms with Gasteiger partial charge < -0.3 is 5.73 Å². The first-order chi connectivity index (χ1) is 9.13. The Morgan fingerprint density at radius 3 is 2.68 bits per heavy atom. The molecule has 0 aliphatic rings. The SMILES string of the molecule is CC(c1cccc(Cl)c1)N(C)C(CN)c1cccs1. The summed E-state index contributed by atoms with van der Waals surface area (Å²) >= 11 is 7.82. The monoisotopic (exact) mass is 294 g/mol. The maximum Gasteiger partial charge on any atom is 0.0566 e. The van der Waals surface area contributed by atoms with Crippen LogP contribution in [0.1, 0.15) is 29.4 Å². The molecule has 2 nitrogen and oxygen atoms in total. The smallest absolute Gasteiger partial charge is 0.0566 e. The standard InChI is InChI=1S/C15H19ClN2S/c1-11(12-5-3-6-13(16)9-12)18(2)14(10-17)15-7-4-8-19-15/h3-9,11,14H,10,17H2,1-2H3. The molecule has 0 aliphatic carbocycles. The molecule has 1 aromatic heterocycles. The molecule has 2 unspecified atom stereocenters. The van der Waals surface area contributed by atoms with Crippen LogP contribution in [0.5, 0.6) is 0 Å². The van der Waals surface area contributed by atoms with Gasteiger partial charge in [0, 0.05) is 22.5 Å². The first kappa shape index (κ1) is 14.5. The maximum absolute atomic E-state index is 6.07. The van der Waals surface area contributed by atoms with E-state index in [1.807, 2.05) is 18.2 Å². The van der Waals surface area contributed by atoms with Gasteiger partial charge in [0.25, 0.3) is 0 Å². The van der Waals surface area contributed by atoms with Crippen LogP contribution in [0.4, 0.5) is 0 Å². The Morgan fingerprint density at radius 1 is 1.32 bits per heavy atom. The lowest BCUT2D eigenvalue weighted by Crippen LogP contribution is -2.32. The first-order valence-electron chi connectivity index (χ1n) is 6.34. The highest BCUT2D eigenvalue weighted by atomic mass is 35.5. The van der Waals surface area contributed by atoms with E-state index in [9.17, 15) is 0 Å². The van der Waals surface area contributed by atoms with Gasteiger partial charge in [-0.1, -0.05) is 29.8 Å². The number of thiophene rings is 1. The summed E-state index contributed by atoms with van der Waals surface area (Å²) in [4.78, 5) is 3.61. The Hall–Kier alpha value is -0.870. The van der Waals surface area contributed by atoms with Crippen LogP contribution in [0.25, 0.3) is 0 Å². The van der Waals surface area contributed by atoms with Crippen LogP contribution in [0, 0.1) is 0 Å². The Labute approximate surface area is 123 Å². The van der Waals surface area contributed by atoms with Crippen LogP contribution in [0.2, 0.25) is 5.02 Å². The van der Waals surface area contributed by atoms with Crippen molar-refractivity contribution in [2.45, 2.75) is 19.0 Å². The van der Waals surface area contributed by atoms with Gasteiger partial charge in [-0.2, -0.15) is 0 Å². The van der Waals surface area contributed by atoms with Gasteiger partial charge in [-0.25, -0.2) is 0 Å². The number of hydrogen-bond acceptors (Lipinski definition) is 3. The molecule has 0 aliphatic heterocycles. The van der Waals surface area contributed by atoms with Crippen molar-refractivity contribution in [2.75, 3.05) is 13.6 Å². The fourth-order valence-corrected chi connectivity index (χ4v) is 3.33. The quantitative estimate of drug-likeness (QED) is 0.900. The van der Waals surface area contributed by atoms with Gasteiger partial charge in [0.2, 0.25) is 0 Å². The van der Waals surface area contributed by atoms with Crippen LogP contribution >= 0.6 is 22.9 Å². The fourth-order valence-electron chi connectivity index (χ4n) is 2.24. The zero-order valence-corrected chi connectivity index (χ0v) is 12.8. The molecule has 0 bridgehead atoms. The fraction of sp³-hybridized carbons (Fsp3) is 0.333. The molecule has 2 N–H and O–H groups in total. The highest BCUT2D eigenvalue weighted by molar-refractivity contribution is 7.10. The molecule has 0 saturated carbocycles. The topological polar surface area (TPSA) is 29.3 Å². The lowest BCUT2D eigenvalue weighted by atomic mass is 10.0. The lowest BCUT2D eigenvalue weighted by Gasteiger charge is -2.32. The van der Waals surface area contributed by atoms with Crippen molar-refractivity contribution in [1.29, 1.82) is 0 Å². The number of halogens is 1. The third kappa shape index (κ3) is 3.37. The maximum atomic E-state index is 6.07. The number of likely N-dealkylation sites (N-methyl/N-ethyl adjacent to an activating group) is 1.